The predicted molar refractivity (Wildman–Crippen MR) is 146 cm³/mol. The Labute approximate surface area is 223 Å². The third-order valence-corrected chi connectivity index (χ3v) is 7.80. The summed E-state index contributed by atoms with van der Waals surface area (Å²) >= 11 is 8.73. The Morgan fingerprint density at radius 1 is 1.03 bits per heavy atom. The molecule has 0 spiro atoms. The number of amides is 3. The van der Waals surface area contributed by atoms with Gasteiger partial charge in [0.25, 0.3) is 0 Å². The molecule has 0 radical (unpaired) electrons. The number of anilines is 3. The molecule has 0 unspecified atom stereocenters. The lowest BCUT2D eigenvalue weighted by Crippen LogP contribution is -2.49. The number of thiazole rings is 1. The zero-order valence-electron chi connectivity index (χ0n) is 19.7. The van der Waals surface area contributed by atoms with Crippen molar-refractivity contribution in [3.05, 3.63) is 64.6 Å². The molecule has 3 aromatic rings. The van der Waals surface area contributed by atoms with Crippen LogP contribution in [-0.2, 0) is 20.8 Å². The fourth-order valence-electron chi connectivity index (χ4n) is 3.77. The van der Waals surface area contributed by atoms with Crippen LogP contribution in [0, 0.1) is 0 Å². The van der Waals surface area contributed by atoms with Gasteiger partial charge in [-0.2, -0.15) is 0 Å². The van der Waals surface area contributed by atoms with Gasteiger partial charge < -0.3 is 20.4 Å². The number of nitrogens with zero attached hydrogens (tertiary/aromatic N) is 3. The summed E-state index contributed by atoms with van der Waals surface area (Å²) in [6, 6.07) is 14.7. The molecular formula is C25H26ClN5O3S2. The second-order valence-corrected chi connectivity index (χ2v) is 10.7. The summed E-state index contributed by atoms with van der Waals surface area (Å²) in [7, 11) is 0. The lowest BCUT2D eigenvalue weighted by molar-refractivity contribution is -0.130. The van der Waals surface area contributed by atoms with Gasteiger partial charge in [-0.25, -0.2) is 4.98 Å². The van der Waals surface area contributed by atoms with Crippen molar-refractivity contribution in [2.24, 2.45) is 0 Å². The molecule has 0 bridgehead atoms. The first-order chi connectivity index (χ1) is 17.4. The van der Waals surface area contributed by atoms with E-state index in [9.17, 15) is 14.4 Å². The summed E-state index contributed by atoms with van der Waals surface area (Å²) in [6.07, 6.45) is 0.250. The van der Waals surface area contributed by atoms with E-state index in [2.05, 4.69) is 20.5 Å². The van der Waals surface area contributed by atoms with Crippen molar-refractivity contribution in [1.29, 1.82) is 0 Å². The first-order valence-electron chi connectivity index (χ1n) is 11.4. The SMILES string of the molecule is CC(=O)Nc1cccc(NC(=O)CSc2nc(CC(=O)N3CCN(c4ccc(Cl)cc4)CC3)cs2)c1. The molecule has 1 aliphatic rings. The Bertz CT molecular complexity index is 1230. The second kappa shape index (κ2) is 12.2. The maximum atomic E-state index is 12.8. The second-order valence-electron chi connectivity index (χ2n) is 8.22. The van der Waals surface area contributed by atoms with Crippen LogP contribution < -0.4 is 15.5 Å². The van der Waals surface area contributed by atoms with Crippen LogP contribution in [0.3, 0.4) is 0 Å². The molecule has 2 N–H and O–H groups in total. The molecule has 1 aliphatic heterocycles. The lowest BCUT2D eigenvalue weighted by atomic mass is 10.2. The van der Waals surface area contributed by atoms with E-state index in [1.807, 2.05) is 34.5 Å². The maximum Gasteiger partial charge on any atom is 0.234 e. The van der Waals surface area contributed by atoms with Crippen LogP contribution >= 0.6 is 34.7 Å². The zero-order chi connectivity index (χ0) is 25.5. The third kappa shape index (κ3) is 7.46. The first kappa shape index (κ1) is 26.0. The summed E-state index contributed by atoms with van der Waals surface area (Å²) in [4.78, 5) is 45.0. The molecule has 1 aromatic heterocycles. The topological polar surface area (TPSA) is 94.6 Å². The summed E-state index contributed by atoms with van der Waals surface area (Å²) in [5, 5.41) is 8.09. The zero-order valence-corrected chi connectivity index (χ0v) is 22.1. The monoisotopic (exact) mass is 543 g/mol. The van der Waals surface area contributed by atoms with Crippen molar-refractivity contribution in [3.63, 3.8) is 0 Å². The van der Waals surface area contributed by atoms with Crippen LogP contribution in [0.4, 0.5) is 17.1 Å². The number of thioether (sulfide) groups is 1. The van der Waals surface area contributed by atoms with E-state index >= 15 is 0 Å². The van der Waals surface area contributed by atoms with Crippen LogP contribution in [0.1, 0.15) is 12.6 Å². The molecule has 3 amide bonds. The number of halogens is 1. The van der Waals surface area contributed by atoms with E-state index in [4.69, 9.17) is 11.6 Å². The number of piperazine rings is 1. The van der Waals surface area contributed by atoms with E-state index in [0.29, 0.717) is 29.5 Å². The van der Waals surface area contributed by atoms with Crippen LogP contribution in [0.15, 0.2) is 58.3 Å². The molecule has 2 aromatic carbocycles. The van der Waals surface area contributed by atoms with Gasteiger partial charge in [0, 0.05) is 60.6 Å². The van der Waals surface area contributed by atoms with Gasteiger partial charge in [-0.05, 0) is 42.5 Å². The molecule has 1 saturated heterocycles. The van der Waals surface area contributed by atoms with Gasteiger partial charge in [0.15, 0.2) is 4.34 Å². The number of aromatic nitrogens is 1. The van der Waals surface area contributed by atoms with Crippen molar-refractivity contribution in [2.75, 3.05) is 47.5 Å². The van der Waals surface area contributed by atoms with Crippen molar-refractivity contribution >= 4 is 69.5 Å². The van der Waals surface area contributed by atoms with Crippen LogP contribution in [0.5, 0.6) is 0 Å². The summed E-state index contributed by atoms with van der Waals surface area (Å²) in [5.74, 6) is -0.0965. The van der Waals surface area contributed by atoms with Gasteiger partial charge in [-0.15, -0.1) is 11.3 Å². The van der Waals surface area contributed by atoms with Crippen molar-refractivity contribution in [1.82, 2.24) is 9.88 Å². The lowest BCUT2D eigenvalue weighted by Gasteiger charge is -2.36. The third-order valence-electron chi connectivity index (χ3n) is 5.48. The Kier molecular flexibility index (Phi) is 8.84. The molecule has 11 heteroatoms. The molecule has 2 heterocycles. The largest absolute Gasteiger partial charge is 0.368 e. The van der Waals surface area contributed by atoms with Gasteiger partial charge in [-0.1, -0.05) is 29.4 Å². The number of hydrogen-bond acceptors (Lipinski definition) is 7. The Hall–Kier alpha value is -3.08. The minimum atomic E-state index is -0.175. The average molecular weight is 544 g/mol. The maximum absolute atomic E-state index is 12.8. The molecule has 36 heavy (non-hydrogen) atoms. The van der Waals surface area contributed by atoms with Gasteiger partial charge in [0.05, 0.1) is 17.9 Å². The van der Waals surface area contributed by atoms with Crippen molar-refractivity contribution < 1.29 is 14.4 Å². The van der Waals surface area contributed by atoms with Gasteiger partial charge in [0.1, 0.15) is 0 Å². The number of rotatable bonds is 8. The number of carbonyl (C=O) groups excluding carboxylic acids is 3. The predicted octanol–water partition coefficient (Wildman–Crippen LogP) is 4.38. The van der Waals surface area contributed by atoms with E-state index in [1.54, 1.807) is 24.3 Å². The standard InChI is InChI=1S/C25H26ClN5O3S2/c1-17(32)27-19-3-2-4-20(13-19)28-23(33)16-36-25-29-21(15-35-25)14-24(34)31-11-9-30(10-12-31)22-7-5-18(26)6-8-22/h2-8,13,15H,9-12,14,16H2,1H3,(H,27,32)(H,28,33). The average Bonchev–Trinajstić information content (AvgIpc) is 3.30. The highest BCUT2D eigenvalue weighted by Gasteiger charge is 2.22. The van der Waals surface area contributed by atoms with Crippen molar-refractivity contribution in [3.8, 4) is 0 Å². The van der Waals surface area contributed by atoms with E-state index in [1.165, 1.54) is 30.0 Å². The Morgan fingerprint density at radius 3 is 2.42 bits per heavy atom. The normalized spacial score (nSPS) is 13.4. The Morgan fingerprint density at radius 2 is 1.72 bits per heavy atom. The van der Waals surface area contributed by atoms with E-state index in [0.717, 1.165) is 28.8 Å². The number of hydrogen-bond donors (Lipinski definition) is 2. The minimum absolute atomic E-state index is 0.0596. The number of nitrogens with one attached hydrogen (secondary N) is 2. The first-order valence-corrected chi connectivity index (χ1v) is 13.6. The smallest absolute Gasteiger partial charge is 0.234 e. The van der Waals surface area contributed by atoms with Crippen molar-refractivity contribution in [2.45, 2.75) is 17.7 Å². The molecule has 0 atom stereocenters. The van der Waals surface area contributed by atoms with Gasteiger partial charge in [-0.3, -0.25) is 14.4 Å². The molecular weight excluding hydrogens is 518 g/mol. The number of carbonyl (C=O) groups is 3. The van der Waals surface area contributed by atoms with E-state index < -0.39 is 0 Å². The van der Waals surface area contributed by atoms with E-state index in [-0.39, 0.29) is 29.9 Å². The van der Waals surface area contributed by atoms with Gasteiger partial charge >= 0.3 is 0 Å². The van der Waals surface area contributed by atoms with Gasteiger partial charge in [0.2, 0.25) is 17.7 Å². The summed E-state index contributed by atoms with van der Waals surface area (Å²) in [6.45, 7) is 4.30. The van der Waals surface area contributed by atoms with Crippen LogP contribution in [0.2, 0.25) is 5.02 Å². The summed E-state index contributed by atoms with van der Waals surface area (Å²) < 4.78 is 0.743. The van der Waals surface area contributed by atoms with Crippen LogP contribution in [0.25, 0.3) is 0 Å². The fourth-order valence-corrected chi connectivity index (χ4v) is 5.54. The molecule has 0 aliphatic carbocycles. The Balaban J connectivity index is 1.21. The molecule has 8 nitrogen and oxygen atoms in total. The highest BCUT2D eigenvalue weighted by molar-refractivity contribution is 8.01. The highest BCUT2D eigenvalue weighted by atomic mass is 35.5. The molecule has 188 valence electrons. The fraction of sp³-hybridized carbons (Fsp3) is 0.280. The summed E-state index contributed by atoms with van der Waals surface area (Å²) in [5.41, 5.74) is 3.05. The molecule has 4 rings (SSSR count). The molecule has 0 saturated carbocycles. The minimum Gasteiger partial charge on any atom is -0.368 e. The van der Waals surface area contributed by atoms with Crippen LogP contribution in [-0.4, -0.2) is 59.5 Å². The highest BCUT2D eigenvalue weighted by Crippen LogP contribution is 2.24. The number of benzene rings is 2. The molecule has 1 fully saturated rings. The quantitative estimate of drug-likeness (QED) is 0.410.